The molecule has 0 bridgehead atoms. The van der Waals surface area contributed by atoms with Crippen LogP contribution >= 0.6 is 11.6 Å². The third-order valence-electron chi connectivity index (χ3n) is 5.53. The lowest BCUT2D eigenvalue weighted by molar-refractivity contribution is -0.123. The van der Waals surface area contributed by atoms with Crippen molar-refractivity contribution in [3.05, 3.63) is 58.6 Å². The number of primary amides is 1. The molecular formula is C22H26ClN3O4S. The number of anilines is 1. The number of benzene rings is 2. The molecule has 3 rings (SSSR count). The molecule has 1 aliphatic rings. The highest BCUT2D eigenvalue weighted by molar-refractivity contribution is 7.90. The van der Waals surface area contributed by atoms with Crippen molar-refractivity contribution in [2.24, 2.45) is 11.7 Å². The fraction of sp³-hybridized carbons (Fsp3) is 0.364. The Hall–Kier alpha value is -2.42. The Kier molecular flexibility index (Phi) is 7.35. The molecule has 1 fully saturated rings. The summed E-state index contributed by atoms with van der Waals surface area (Å²) in [6.45, 7) is 2.63. The van der Waals surface area contributed by atoms with Crippen LogP contribution in [0.4, 0.5) is 5.69 Å². The number of hydrogen-bond acceptors (Lipinski definition) is 5. The molecule has 0 unspecified atom stereocenters. The van der Waals surface area contributed by atoms with Crippen molar-refractivity contribution in [2.75, 3.05) is 31.2 Å². The molecule has 1 aliphatic heterocycles. The van der Waals surface area contributed by atoms with Crippen LogP contribution in [0.15, 0.2) is 47.4 Å². The van der Waals surface area contributed by atoms with Gasteiger partial charge in [0.25, 0.3) is 5.91 Å². The molecule has 0 atom stereocenters. The molecule has 31 heavy (non-hydrogen) atoms. The van der Waals surface area contributed by atoms with Gasteiger partial charge in [-0.05, 0) is 68.2 Å². The lowest BCUT2D eigenvalue weighted by Gasteiger charge is -2.30. The monoisotopic (exact) mass is 463 g/mol. The third-order valence-corrected chi connectivity index (χ3v) is 6.97. The number of carbonyl (C=O) groups is 2. The Labute approximate surface area is 187 Å². The smallest absolute Gasteiger partial charge is 0.257 e. The number of amides is 2. The molecule has 7 nitrogen and oxygen atoms in total. The van der Waals surface area contributed by atoms with Crippen molar-refractivity contribution < 1.29 is 18.0 Å². The van der Waals surface area contributed by atoms with E-state index >= 15 is 0 Å². The molecule has 0 radical (unpaired) electrons. The van der Waals surface area contributed by atoms with Crippen LogP contribution in [0.1, 0.15) is 28.8 Å². The molecule has 1 heterocycles. The van der Waals surface area contributed by atoms with Crippen LogP contribution in [-0.4, -0.2) is 51.0 Å². The van der Waals surface area contributed by atoms with Crippen LogP contribution in [0.25, 0.3) is 0 Å². The first-order chi connectivity index (χ1) is 14.6. The Bertz CT molecular complexity index is 1060. The van der Waals surface area contributed by atoms with Crippen molar-refractivity contribution in [3.63, 3.8) is 0 Å². The topological polar surface area (TPSA) is 110 Å². The van der Waals surface area contributed by atoms with E-state index in [1.807, 2.05) is 12.1 Å². The fourth-order valence-corrected chi connectivity index (χ4v) is 4.44. The van der Waals surface area contributed by atoms with Gasteiger partial charge >= 0.3 is 0 Å². The molecule has 0 aliphatic carbocycles. The highest BCUT2D eigenvalue weighted by Gasteiger charge is 2.22. The van der Waals surface area contributed by atoms with Crippen LogP contribution in [0.3, 0.4) is 0 Å². The van der Waals surface area contributed by atoms with Gasteiger partial charge in [0.2, 0.25) is 5.91 Å². The Balaban J connectivity index is 1.56. The number of halogens is 1. The number of hydrogen-bond donors (Lipinski definition) is 2. The standard InChI is InChI=1S/C22H26ClN3O4S/c1-31(29,30)18-6-7-20(23)19(14-18)22(28)25-17-4-2-15(3-5-17)8-11-26-12-9-16(10-13-26)21(24)27/h2-7,14,16H,8-13H2,1H3,(H2,24,27)(H,25,28). The summed E-state index contributed by atoms with van der Waals surface area (Å²) in [5.41, 5.74) is 7.21. The van der Waals surface area contributed by atoms with Gasteiger partial charge < -0.3 is 16.0 Å². The van der Waals surface area contributed by atoms with Crippen molar-refractivity contribution in [1.29, 1.82) is 0 Å². The van der Waals surface area contributed by atoms with Gasteiger partial charge in [-0.2, -0.15) is 0 Å². The average Bonchev–Trinajstić information content (AvgIpc) is 2.73. The zero-order chi connectivity index (χ0) is 22.6. The van der Waals surface area contributed by atoms with Crippen LogP contribution in [-0.2, 0) is 21.1 Å². The number of sulfone groups is 1. The molecule has 2 aromatic carbocycles. The zero-order valence-electron chi connectivity index (χ0n) is 17.3. The first kappa shape index (κ1) is 23.2. The Morgan fingerprint density at radius 2 is 1.77 bits per heavy atom. The minimum absolute atomic E-state index is 0.00854. The number of nitrogens with one attached hydrogen (secondary N) is 1. The molecule has 0 aromatic heterocycles. The van der Waals surface area contributed by atoms with Gasteiger partial charge in [0, 0.05) is 24.4 Å². The largest absolute Gasteiger partial charge is 0.369 e. The van der Waals surface area contributed by atoms with Gasteiger partial charge in [-0.1, -0.05) is 23.7 Å². The maximum atomic E-state index is 12.6. The lowest BCUT2D eigenvalue weighted by atomic mass is 9.96. The molecule has 0 spiro atoms. The van der Waals surface area contributed by atoms with Gasteiger partial charge in [0.15, 0.2) is 9.84 Å². The van der Waals surface area contributed by atoms with E-state index in [4.69, 9.17) is 17.3 Å². The number of likely N-dealkylation sites (tertiary alicyclic amines) is 1. The van der Waals surface area contributed by atoms with Gasteiger partial charge in [-0.3, -0.25) is 9.59 Å². The summed E-state index contributed by atoms with van der Waals surface area (Å²) in [5, 5.41) is 2.94. The minimum atomic E-state index is -3.44. The summed E-state index contributed by atoms with van der Waals surface area (Å²) in [6.07, 6.45) is 3.56. The van der Waals surface area contributed by atoms with Crippen LogP contribution < -0.4 is 11.1 Å². The number of piperidine rings is 1. The van der Waals surface area contributed by atoms with E-state index in [2.05, 4.69) is 10.2 Å². The summed E-state index contributed by atoms with van der Waals surface area (Å²) in [6, 6.07) is 11.6. The van der Waals surface area contributed by atoms with Crippen molar-refractivity contribution >= 4 is 38.9 Å². The Morgan fingerprint density at radius 3 is 2.35 bits per heavy atom. The molecule has 9 heteroatoms. The second-order valence-corrected chi connectivity index (χ2v) is 10.3. The summed E-state index contributed by atoms with van der Waals surface area (Å²) in [5.74, 6) is -0.687. The molecule has 166 valence electrons. The summed E-state index contributed by atoms with van der Waals surface area (Å²) < 4.78 is 23.5. The highest BCUT2D eigenvalue weighted by atomic mass is 35.5. The van der Waals surface area contributed by atoms with E-state index in [0.29, 0.717) is 5.69 Å². The minimum Gasteiger partial charge on any atom is -0.369 e. The van der Waals surface area contributed by atoms with E-state index < -0.39 is 15.7 Å². The number of carbonyl (C=O) groups excluding carboxylic acids is 2. The van der Waals surface area contributed by atoms with Crippen molar-refractivity contribution in [2.45, 2.75) is 24.2 Å². The van der Waals surface area contributed by atoms with Crippen LogP contribution in [0.5, 0.6) is 0 Å². The van der Waals surface area contributed by atoms with Gasteiger partial charge in [0.1, 0.15) is 0 Å². The van der Waals surface area contributed by atoms with Crippen LogP contribution in [0, 0.1) is 5.92 Å². The third kappa shape index (κ3) is 6.29. The zero-order valence-corrected chi connectivity index (χ0v) is 18.9. The number of nitrogens with zero attached hydrogens (tertiary/aromatic N) is 1. The maximum absolute atomic E-state index is 12.6. The average molecular weight is 464 g/mol. The number of nitrogens with two attached hydrogens (primary N) is 1. The summed E-state index contributed by atoms with van der Waals surface area (Å²) in [4.78, 5) is 26.2. The number of rotatable bonds is 7. The van der Waals surface area contributed by atoms with E-state index in [0.717, 1.165) is 50.7 Å². The van der Waals surface area contributed by atoms with Crippen molar-refractivity contribution in [3.8, 4) is 0 Å². The quantitative estimate of drug-likeness (QED) is 0.656. The first-order valence-electron chi connectivity index (χ1n) is 10.0. The summed E-state index contributed by atoms with van der Waals surface area (Å²) >= 11 is 6.09. The van der Waals surface area contributed by atoms with Crippen molar-refractivity contribution in [1.82, 2.24) is 4.90 Å². The van der Waals surface area contributed by atoms with E-state index in [-0.39, 0.29) is 27.3 Å². The highest BCUT2D eigenvalue weighted by Crippen LogP contribution is 2.22. The fourth-order valence-electron chi connectivity index (χ4n) is 3.59. The molecule has 3 N–H and O–H groups in total. The van der Waals surface area contributed by atoms with Gasteiger partial charge in [-0.25, -0.2) is 8.42 Å². The maximum Gasteiger partial charge on any atom is 0.257 e. The SMILES string of the molecule is CS(=O)(=O)c1ccc(Cl)c(C(=O)Nc2ccc(CCN3CCC(C(N)=O)CC3)cc2)c1. The second-order valence-electron chi connectivity index (χ2n) is 7.83. The van der Waals surface area contributed by atoms with E-state index in [1.54, 1.807) is 12.1 Å². The molecule has 2 aromatic rings. The lowest BCUT2D eigenvalue weighted by Crippen LogP contribution is -2.39. The summed E-state index contributed by atoms with van der Waals surface area (Å²) in [7, 11) is -3.44. The predicted octanol–water partition coefficient (Wildman–Crippen LogP) is 2.74. The van der Waals surface area contributed by atoms with Gasteiger partial charge in [0.05, 0.1) is 15.5 Å². The van der Waals surface area contributed by atoms with E-state index in [1.165, 1.54) is 18.2 Å². The normalized spacial score (nSPS) is 15.5. The second kappa shape index (κ2) is 9.80. The molecular weight excluding hydrogens is 438 g/mol. The predicted molar refractivity (Wildman–Crippen MR) is 121 cm³/mol. The van der Waals surface area contributed by atoms with E-state index in [9.17, 15) is 18.0 Å². The molecule has 1 saturated heterocycles. The first-order valence-corrected chi connectivity index (χ1v) is 12.3. The molecule has 0 saturated carbocycles. The Morgan fingerprint density at radius 1 is 1.13 bits per heavy atom. The molecule has 2 amide bonds. The van der Waals surface area contributed by atoms with Crippen LogP contribution in [0.2, 0.25) is 5.02 Å². The van der Waals surface area contributed by atoms with Gasteiger partial charge in [-0.15, -0.1) is 0 Å².